The molecule has 1 N–H and O–H groups in total. The van der Waals surface area contributed by atoms with E-state index in [4.69, 9.17) is 14.2 Å². The lowest BCUT2D eigenvalue weighted by molar-refractivity contribution is -0.149. The molecule has 0 saturated heterocycles. The molecular formula is C29H41NO6. The van der Waals surface area contributed by atoms with Gasteiger partial charge in [-0.3, -0.25) is 0 Å². The van der Waals surface area contributed by atoms with Crippen molar-refractivity contribution >= 4 is 12.1 Å². The summed E-state index contributed by atoms with van der Waals surface area (Å²) in [4.78, 5) is 26.1. The van der Waals surface area contributed by atoms with Crippen molar-refractivity contribution in [1.29, 1.82) is 0 Å². The lowest BCUT2D eigenvalue weighted by atomic mass is 10.1. The number of rotatable bonds is 14. The van der Waals surface area contributed by atoms with Crippen LogP contribution in [0.4, 0.5) is 4.79 Å². The fraction of sp³-hybridized carbons (Fsp3) is 0.517. The molecule has 36 heavy (non-hydrogen) atoms. The predicted molar refractivity (Wildman–Crippen MR) is 141 cm³/mol. The zero-order valence-electron chi connectivity index (χ0n) is 22.5. The number of carboxylic acids is 1. The molecule has 0 saturated carbocycles. The molecule has 0 fully saturated rings. The molecule has 198 valence electrons. The number of aryl methyl sites for hydroxylation is 3. The van der Waals surface area contributed by atoms with Crippen LogP contribution in [0, 0.1) is 26.7 Å². The van der Waals surface area contributed by atoms with Crippen molar-refractivity contribution in [3.05, 3.63) is 58.7 Å². The van der Waals surface area contributed by atoms with Crippen LogP contribution in [0.25, 0.3) is 0 Å². The quantitative estimate of drug-likeness (QED) is 0.345. The number of hydrogen-bond donors (Lipinski definition) is 1. The highest BCUT2D eigenvalue weighted by atomic mass is 16.6. The zero-order valence-corrected chi connectivity index (χ0v) is 22.5. The Bertz CT molecular complexity index is 963. The van der Waals surface area contributed by atoms with Crippen molar-refractivity contribution in [3.63, 3.8) is 0 Å². The lowest BCUT2D eigenvalue weighted by Crippen LogP contribution is -2.37. The third kappa shape index (κ3) is 9.53. The fourth-order valence-electron chi connectivity index (χ4n) is 4.09. The van der Waals surface area contributed by atoms with Crippen LogP contribution < -0.4 is 9.47 Å². The number of carboxylic acid groups (broad SMARTS) is 1. The Hall–Kier alpha value is -3.06. The number of hydrogen-bond acceptors (Lipinski definition) is 5. The van der Waals surface area contributed by atoms with Crippen LogP contribution >= 0.6 is 0 Å². The summed E-state index contributed by atoms with van der Waals surface area (Å²) in [6.45, 7) is 13.7. The van der Waals surface area contributed by atoms with Crippen LogP contribution in [0.1, 0.15) is 55.9 Å². The molecule has 0 bridgehead atoms. The Kier molecular flexibility index (Phi) is 11.7. The van der Waals surface area contributed by atoms with Gasteiger partial charge in [0.15, 0.2) is 6.10 Å². The van der Waals surface area contributed by atoms with Gasteiger partial charge in [0.2, 0.25) is 0 Å². The smallest absolute Gasteiger partial charge is 0.415 e. The lowest BCUT2D eigenvalue weighted by Gasteiger charge is -2.23. The highest BCUT2D eigenvalue weighted by Crippen LogP contribution is 2.25. The molecule has 2 aromatic rings. The van der Waals surface area contributed by atoms with Gasteiger partial charge in [0.1, 0.15) is 18.1 Å². The molecule has 0 aliphatic rings. The van der Waals surface area contributed by atoms with Crippen molar-refractivity contribution in [3.8, 4) is 11.5 Å². The molecule has 0 aliphatic heterocycles. The molecule has 0 radical (unpaired) electrons. The topological polar surface area (TPSA) is 85.3 Å². The number of carbonyl (C=O) groups excluding carboxylic acids is 1. The van der Waals surface area contributed by atoms with E-state index in [9.17, 15) is 14.7 Å². The molecule has 2 aromatic carbocycles. The monoisotopic (exact) mass is 499 g/mol. The van der Waals surface area contributed by atoms with Crippen molar-refractivity contribution in [2.45, 2.75) is 66.9 Å². The average Bonchev–Trinajstić information content (AvgIpc) is 2.80. The van der Waals surface area contributed by atoms with E-state index in [0.29, 0.717) is 43.7 Å². The van der Waals surface area contributed by atoms with E-state index in [-0.39, 0.29) is 12.5 Å². The number of amides is 1. The second-order valence-electron chi connectivity index (χ2n) is 9.60. The molecule has 0 aromatic heterocycles. The van der Waals surface area contributed by atoms with E-state index in [1.807, 2.05) is 45.0 Å². The molecule has 0 heterocycles. The van der Waals surface area contributed by atoms with Gasteiger partial charge in [-0.15, -0.1) is 0 Å². The standard InChI is InChI=1S/C29H41NO6/c1-7-34-26(28(31)32)19-24-10-12-25(13-11-24)35-16-15-30(14-8-9-20(2)3)29(33)36-27-22(5)17-21(4)18-23(27)6/h10-13,17-18,20,26H,7-9,14-16,19H2,1-6H3,(H,31,32). The van der Waals surface area contributed by atoms with E-state index >= 15 is 0 Å². The first-order chi connectivity index (χ1) is 17.1. The van der Waals surface area contributed by atoms with Gasteiger partial charge in [-0.05, 0) is 75.3 Å². The van der Waals surface area contributed by atoms with E-state index in [2.05, 4.69) is 13.8 Å². The van der Waals surface area contributed by atoms with Crippen molar-refractivity contribution < 1.29 is 28.9 Å². The van der Waals surface area contributed by atoms with Gasteiger partial charge in [-0.25, -0.2) is 9.59 Å². The molecule has 2 rings (SSSR count). The molecule has 1 unspecified atom stereocenters. The second-order valence-corrected chi connectivity index (χ2v) is 9.60. The first-order valence-corrected chi connectivity index (χ1v) is 12.7. The minimum Gasteiger partial charge on any atom is -0.492 e. The van der Waals surface area contributed by atoms with Crippen LogP contribution in [-0.2, 0) is 16.0 Å². The highest BCUT2D eigenvalue weighted by Gasteiger charge is 2.19. The van der Waals surface area contributed by atoms with Crippen LogP contribution in [0.5, 0.6) is 11.5 Å². The maximum Gasteiger partial charge on any atom is 0.415 e. The number of ether oxygens (including phenoxy) is 3. The Morgan fingerprint density at radius 2 is 1.64 bits per heavy atom. The molecule has 7 heteroatoms. The number of aliphatic carboxylic acids is 1. The largest absolute Gasteiger partial charge is 0.492 e. The molecule has 1 atom stereocenters. The van der Waals surface area contributed by atoms with Gasteiger partial charge in [0.25, 0.3) is 0 Å². The molecule has 7 nitrogen and oxygen atoms in total. The summed E-state index contributed by atoms with van der Waals surface area (Å²) in [5.74, 6) is 0.853. The van der Waals surface area contributed by atoms with Crippen LogP contribution in [0.15, 0.2) is 36.4 Å². The minimum atomic E-state index is -0.974. The fourth-order valence-corrected chi connectivity index (χ4v) is 4.09. The summed E-state index contributed by atoms with van der Waals surface area (Å²) in [7, 11) is 0. The van der Waals surface area contributed by atoms with Crippen LogP contribution in [0.3, 0.4) is 0 Å². The van der Waals surface area contributed by atoms with Gasteiger partial charge >= 0.3 is 12.1 Å². The van der Waals surface area contributed by atoms with E-state index < -0.39 is 12.1 Å². The average molecular weight is 500 g/mol. The summed E-state index contributed by atoms with van der Waals surface area (Å²) in [6.07, 6.45) is 0.957. The van der Waals surface area contributed by atoms with E-state index in [1.165, 1.54) is 0 Å². The molecule has 1 amide bonds. The first kappa shape index (κ1) is 29.2. The summed E-state index contributed by atoms with van der Waals surface area (Å²) in [5.41, 5.74) is 3.86. The molecule has 0 aliphatic carbocycles. The zero-order chi connectivity index (χ0) is 26.7. The van der Waals surface area contributed by atoms with Crippen LogP contribution in [-0.4, -0.2) is 54.5 Å². The summed E-state index contributed by atoms with van der Waals surface area (Å²) in [5, 5.41) is 9.27. The van der Waals surface area contributed by atoms with Gasteiger partial charge < -0.3 is 24.2 Å². The van der Waals surface area contributed by atoms with Crippen molar-refractivity contribution in [1.82, 2.24) is 4.90 Å². The summed E-state index contributed by atoms with van der Waals surface area (Å²) >= 11 is 0. The van der Waals surface area contributed by atoms with Gasteiger partial charge in [0.05, 0.1) is 6.54 Å². The first-order valence-electron chi connectivity index (χ1n) is 12.7. The number of nitrogens with zero attached hydrogens (tertiary/aromatic N) is 1. The van der Waals surface area contributed by atoms with Crippen molar-refractivity contribution in [2.24, 2.45) is 5.92 Å². The third-order valence-electron chi connectivity index (χ3n) is 5.88. The van der Waals surface area contributed by atoms with Gasteiger partial charge in [-0.1, -0.05) is 43.7 Å². The second kappa shape index (κ2) is 14.5. The maximum atomic E-state index is 13.1. The Labute approximate surface area is 215 Å². The summed E-state index contributed by atoms with van der Waals surface area (Å²) in [6, 6.07) is 11.3. The predicted octanol–water partition coefficient (Wildman–Crippen LogP) is 5.96. The van der Waals surface area contributed by atoms with Gasteiger partial charge in [-0.2, -0.15) is 0 Å². The Morgan fingerprint density at radius 1 is 1.00 bits per heavy atom. The molecule has 0 spiro atoms. The number of carbonyl (C=O) groups is 2. The summed E-state index contributed by atoms with van der Waals surface area (Å²) < 4.78 is 17.0. The number of benzene rings is 2. The van der Waals surface area contributed by atoms with Gasteiger partial charge in [0, 0.05) is 19.6 Å². The molecular weight excluding hydrogens is 458 g/mol. The van der Waals surface area contributed by atoms with E-state index in [0.717, 1.165) is 35.1 Å². The normalized spacial score (nSPS) is 11.9. The van der Waals surface area contributed by atoms with E-state index in [1.54, 1.807) is 24.0 Å². The highest BCUT2D eigenvalue weighted by molar-refractivity contribution is 5.73. The third-order valence-corrected chi connectivity index (χ3v) is 5.88. The minimum absolute atomic E-state index is 0.288. The van der Waals surface area contributed by atoms with Crippen LogP contribution in [0.2, 0.25) is 0 Å². The van der Waals surface area contributed by atoms with Crippen molar-refractivity contribution in [2.75, 3.05) is 26.3 Å². The SMILES string of the molecule is CCOC(Cc1ccc(OCCN(CCCC(C)C)C(=O)Oc2c(C)cc(C)cc2C)cc1)C(=O)O. The maximum absolute atomic E-state index is 13.1. The Morgan fingerprint density at radius 3 is 2.19 bits per heavy atom. The Balaban J connectivity index is 1.98.